The van der Waals surface area contributed by atoms with Crippen molar-refractivity contribution in [2.75, 3.05) is 6.61 Å². The molecule has 0 aliphatic heterocycles. The normalized spacial score (nSPS) is 12.4. The van der Waals surface area contributed by atoms with E-state index in [9.17, 15) is 10.1 Å². The Kier molecular flexibility index (Phi) is 5.54. The maximum absolute atomic E-state index is 10.9. The quantitative estimate of drug-likeness (QED) is 0.624. The molecule has 17 heavy (non-hydrogen) atoms. The molecule has 0 aliphatic carbocycles. The Hall–Kier alpha value is -0.980. The van der Waals surface area contributed by atoms with Gasteiger partial charge < -0.3 is 10.4 Å². The summed E-state index contributed by atoms with van der Waals surface area (Å²) in [5.74, 6) is 0. The van der Waals surface area contributed by atoms with Crippen LogP contribution in [0.5, 0.6) is 0 Å². The van der Waals surface area contributed by atoms with E-state index in [2.05, 4.69) is 21.2 Å². The van der Waals surface area contributed by atoms with Gasteiger partial charge in [-0.25, -0.2) is 0 Å². The van der Waals surface area contributed by atoms with Crippen molar-refractivity contribution in [2.24, 2.45) is 0 Å². The fourth-order valence-corrected chi connectivity index (χ4v) is 1.80. The zero-order valence-electron chi connectivity index (χ0n) is 9.52. The van der Waals surface area contributed by atoms with Crippen LogP contribution in [0.3, 0.4) is 0 Å². The average Bonchev–Trinajstić information content (AvgIpc) is 2.31. The Labute approximate surface area is 108 Å². The molecular weight excluding hydrogens is 288 g/mol. The minimum absolute atomic E-state index is 0.0286. The molecule has 1 rings (SSSR count). The first kappa shape index (κ1) is 14.1. The molecule has 5 nitrogen and oxygen atoms in total. The summed E-state index contributed by atoms with van der Waals surface area (Å²) in [6.07, 6.45) is 0.779. The molecule has 0 fully saturated rings. The number of nitrogens with zero attached hydrogens (tertiary/aromatic N) is 1. The molecule has 0 saturated heterocycles. The SMILES string of the molecule is CC[C@@H](CO)NCc1ccc(Br)cc1[N+](=O)[O-]. The second kappa shape index (κ2) is 6.68. The minimum Gasteiger partial charge on any atom is -0.395 e. The Bertz CT molecular complexity index is 394. The standard InChI is InChI=1S/C11H15BrN2O3/c1-2-10(7-15)13-6-8-3-4-9(12)5-11(8)14(16)17/h3-5,10,13,15H,2,6-7H2,1H3/t10-/m0/s1. The second-order valence-corrected chi connectivity index (χ2v) is 4.61. The molecule has 0 aromatic heterocycles. The first-order chi connectivity index (χ1) is 8.08. The number of halogens is 1. The molecule has 0 amide bonds. The van der Waals surface area contributed by atoms with Crippen molar-refractivity contribution in [3.63, 3.8) is 0 Å². The van der Waals surface area contributed by atoms with Gasteiger partial charge in [-0.1, -0.05) is 22.9 Å². The van der Waals surface area contributed by atoms with Crippen LogP contribution >= 0.6 is 15.9 Å². The molecule has 1 aromatic rings. The molecule has 6 heteroatoms. The highest BCUT2D eigenvalue weighted by molar-refractivity contribution is 9.10. The van der Waals surface area contributed by atoms with E-state index < -0.39 is 4.92 Å². The third-order valence-corrected chi connectivity index (χ3v) is 3.03. The van der Waals surface area contributed by atoms with Crippen LogP contribution in [0.15, 0.2) is 22.7 Å². The van der Waals surface area contributed by atoms with Crippen molar-refractivity contribution in [2.45, 2.75) is 25.9 Å². The largest absolute Gasteiger partial charge is 0.395 e. The minimum atomic E-state index is -0.401. The van der Waals surface area contributed by atoms with Crippen molar-refractivity contribution >= 4 is 21.6 Å². The molecule has 0 radical (unpaired) electrons. The number of benzene rings is 1. The molecule has 0 bridgehead atoms. The van der Waals surface area contributed by atoms with Crippen LogP contribution in [0.25, 0.3) is 0 Å². The van der Waals surface area contributed by atoms with E-state index in [1.54, 1.807) is 12.1 Å². The Morgan fingerprint density at radius 1 is 1.59 bits per heavy atom. The van der Waals surface area contributed by atoms with Gasteiger partial charge in [-0.15, -0.1) is 0 Å². The van der Waals surface area contributed by atoms with E-state index in [1.165, 1.54) is 6.07 Å². The lowest BCUT2D eigenvalue weighted by atomic mass is 10.1. The third kappa shape index (κ3) is 4.07. The smallest absolute Gasteiger partial charge is 0.275 e. The van der Waals surface area contributed by atoms with E-state index in [0.717, 1.165) is 6.42 Å². The number of aliphatic hydroxyl groups excluding tert-OH is 1. The number of nitro groups is 1. The van der Waals surface area contributed by atoms with Gasteiger partial charge in [0.1, 0.15) is 0 Å². The van der Waals surface area contributed by atoms with Gasteiger partial charge in [-0.05, 0) is 18.6 Å². The summed E-state index contributed by atoms with van der Waals surface area (Å²) < 4.78 is 0.683. The first-order valence-corrected chi connectivity index (χ1v) is 6.14. The van der Waals surface area contributed by atoms with E-state index in [-0.39, 0.29) is 18.3 Å². The van der Waals surface area contributed by atoms with Gasteiger partial charge >= 0.3 is 0 Å². The van der Waals surface area contributed by atoms with E-state index in [4.69, 9.17) is 5.11 Å². The molecule has 0 saturated carbocycles. The molecule has 0 spiro atoms. The summed E-state index contributed by atoms with van der Waals surface area (Å²) >= 11 is 3.21. The van der Waals surface area contributed by atoms with E-state index in [1.807, 2.05) is 6.92 Å². The molecule has 1 atom stereocenters. The number of aliphatic hydroxyl groups is 1. The fourth-order valence-electron chi connectivity index (χ4n) is 1.45. The van der Waals surface area contributed by atoms with Crippen LogP contribution in [0.4, 0.5) is 5.69 Å². The molecule has 94 valence electrons. The van der Waals surface area contributed by atoms with Gasteiger partial charge in [-0.2, -0.15) is 0 Å². The number of hydrogen-bond acceptors (Lipinski definition) is 4. The van der Waals surface area contributed by atoms with Gasteiger partial charge in [0, 0.05) is 28.7 Å². The van der Waals surface area contributed by atoms with Crippen molar-refractivity contribution in [3.05, 3.63) is 38.3 Å². The highest BCUT2D eigenvalue weighted by Gasteiger charge is 2.14. The molecular formula is C11H15BrN2O3. The van der Waals surface area contributed by atoms with Crippen LogP contribution in [0, 0.1) is 10.1 Å². The zero-order chi connectivity index (χ0) is 12.8. The highest BCUT2D eigenvalue weighted by atomic mass is 79.9. The molecule has 0 heterocycles. The molecule has 0 aliphatic rings. The lowest BCUT2D eigenvalue weighted by Crippen LogP contribution is -2.31. The Morgan fingerprint density at radius 2 is 2.29 bits per heavy atom. The first-order valence-electron chi connectivity index (χ1n) is 5.35. The molecule has 0 unspecified atom stereocenters. The van der Waals surface area contributed by atoms with Gasteiger partial charge in [0.05, 0.1) is 11.5 Å². The predicted molar refractivity (Wildman–Crippen MR) is 68.8 cm³/mol. The lowest BCUT2D eigenvalue weighted by Gasteiger charge is -2.13. The van der Waals surface area contributed by atoms with Gasteiger partial charge in [0.25, 0.3) is 5.69 Å². The van der Waals surface area contributed by atoms with Crippen molar-refractivity contribution in [1.29, 1.82) is 0 Å². The highest BCUT2D eigenvalue weighted by Crippen LogP contribution is 2.23. The summed E-state index contributed by atoms with van der Waals surface area (Å²) in [7, 11) is 0. The van der Waals surface area contributed by atoms with Crippen LogP contribution < -0.4 is 5.32 Å². The third-order valence-electron chi connectivity index (χ3n) is 2.54. The number of nitrogens with one attached hydrogen (secondary N) is 1. The number of rotatable bonds is 6. The Balaban J connectivity index is 2.80. The predicted octanol–water partition coefficient (Wildman–Crippen LogP) is 2.22. The maximum atomic E-state index is 10.9. The summed E-state index contributed by atoms with van der Waals surface area (Å²) in [4.78, 5) is 10.5. The monoisotopic (exact) mass is 302 g/mol. The van der Waals surface area contributed by atoms with Crippen LogP contribution in [0.1, 0.15) is 18.9 Å². The zero-order valence-corrected chi connectivity index (χ0v) is 11.1. The van der Waals surface area contributed by atoms with E-state index in [0.29, 0.717) is 16.6 Å². The summed E-state index contributed by atoms with van der Waals surface area (Å²) in [6, 6.07) is 4.93. The second-order valence-electron chi connectivity index (χ2n) is 3.70. The van der Waals surface area contributed by atoms with Crippen molar-refractivity contribution < 1.29 is 10.0 Å². The van der Waals surface area contributed by atoms with Gasteiger partial charge in [0.2, 0.25) is 0 Å². The van der Waals surface area contributed by atoms with E-state index >= 15 is 0 Å². The average molecular weight is 303 g/mol. The van der Waals surface area contributed by atoms with Crippen LogP contribution in [-0.4, -0.2) is 22.7 Å². The summed E-state index contributed by atoms with van der Waals surface area (Å²) in [5.41, 5.74) is 0.699. The van der Waals surface area contributed by atoms with Gasteiger partial charge in [-0.3, -0.25) is 10.1 Å². The van der Waals surface area contributed by atoms with Crippen LogP contribution in [-0.2, 0) is 6.54 Å². The maximum Gasteiger partial charge on any atom is 0.275 e. The number of hydrogen-bond donors (Lipinski definition) is 2. The number of nitro benzene ring substituents is 1. The summed E-state index contributed by atoms with van der Waals surface area (Å²) in [5, 5.41) is 23.0. The fraction of sp³-hybridized carbons (Fsp3) is 0.455. The van der Waals surface area contributed by atoms with Gasteiger partial charge in [0.15, 0.2) is 0 Å². The lowest BCUT2D eigenvalue weighted by molar-refractivity contribution is -0.385. The molecule has 1 aromatic carbocycles. The van der Waals surface area contributed by atoms with Crippen LogP contribution in [0.2, 0.25) is 0 Å². The van der Waals surface area contributed by atoms with Crippen molar-refractivity contribution in [3.8, 4) is 0 Å². The van der Waals surface area contributed by atoms with Crippen molar-refractivity contribution in [1.82, 2.24) is 5.32 Å². The Morgan fingerprint density at radius 3 is 2.82 bits per heavy atom. The topological polar surface area (TPSA) is 75.4 Å². The molecule has 2 N–H and O–H groups in total. The summed E-state index contributed by atoms with van der Waals surface area (Å²) in [6.45, 7) is 2.35.